The Labute approximate surface area is 110 Å². The van der Waals surface area contributed by atoms with Crippen LogP contribution in [0.5, 0.6) is 0 Å². The fourth-order valence-electron chi connectivity index (χ4n) is 2.36. The molecule has 0 spiro atoms. The van der Waals surface area contributed by atoms with E-state index in [-0.39, 0.29) is 6.04 Å². The van der Waals surface area contributed by atoms with Gasteiger partial charge < -0.3 is 10.4 Å². The van der Waals surface area contributed by atoms with Crippen LogP contribution < -0.4 is 5.32 Å². The zero-order valence-corrected chi connectivity index (χ0v) is 10.4. The molecule has 2 N–H and O–H groups in total. The molecule has 5 heteroatoms. The molecule has 1 saturated carbocycles. The molecule has 0 aliphatic heterocycles. The Balaban J connectivity index is 2.21. The maximum absolute atomic E-state index is 11.1. The maximum atomic E-state index is 11.1. The second-order valence-corrected chi connectivity index (χ2v) is 4.86. The Morgan fingerprint density at radius 1 is 1.50 bits per heavy atom. The van der Waals surface area contributed by atoms with E-state index in [1.807, 2.05) is 0 Å². The molecule has 0 radical (unpaired) electrons. The van der Waals surface area contributed by atoms with Gasteiger partial charge in [-0.2, -0.15) is 5.26 Å². The van der Waals surface area contributed by atoms with Crippen LogP contribution in [0.4, 0.5) is 5.69 Å². The predicted octanol–water partition coefficient (Wildman–Crippen LogP) is 2.88. The van der Waals surface area contributed by atoms with Crippen molar-refractivity contribution in [3.8, 4) is 6.07 Å². The van der Waals surface area contributed by atoms with Crippen LogP contribution in [0.15, 0.2) is 18.2 Å². The van der Waals surface area contributed by atoms with Crippen molar-refractivity contribution in [3.63, 3.8) is 0 Å². The van der Waals surface area contributed by atoms with E-state index < -0.39 is 11.9 Å². The van der Waals surface area contributed by atoms with Crippen LogP contribution in [0.25, 0.3) is 0 Å². The first-order valence-corrected chi connectivity index (χ1v) is 6.18. The van der Waals surface area contributed by atoms with Crippen LogP contribution in [-0.4, -0.2) is 17.1 Å². The van der Waals surface area contributed by atoms with E-state index in [0.717, 1.165) is 12.8 Å². The molecule has 1 aliphatic carbocycles. The van der Waals surface area contributed by atoms with Crippen LogP contribution in [0.1, 0.15) is 24.8 Å². The average Bonchev–Trinajstić information content (AvgIpc) is 2.77. The van der Waals surface area contributed by atoms with Crippen LogP contribution in [0.2, 0.25) is 5.02 Å². The van der Waals surface area contributed by atoms with E-state index in [0.29, 0.717) is 22.7 Å². The van der Waals surface area contributed by atoms with Crippen molar-refractivity contribution >= 4 is 23.3 Å². The third-order valence-electron chi connectivity index (χ3n) is 3.28. The van der Waals surface area contributed by atoms with Crippen molar-refractivity contribution in [2.24, 2.45) is 5.92 Å². The van der Waals surface area contributed by atoms with Gasteiger partial charge in [0.2, 0.25) is 0 Å². The van der Waals surface area contributed by atoms with Gasteiger partial charge in [0, 0.05) is 11.1 Å². The predicted molar refractivity (Wildman–Crippen MR) is 68.6 cm³/mol. The second-order valence-electron chi connectivity index (χ2n) is 4.43. The van der Waals surface area contributed by atoms with E-state index in [9.17, 15) is 4.79 Å². The Morgan fingerprint density at radius 3 is 2.94 bits per heavy atom. The minimum Gasteiger partial charge on any atom is -0.481 e. The van der Waals surface area contributed by atoms with Gasteiger partial charge in [-0.3, -0.25) is 4.79 Å². The van der Waals surface area contributed by atoms with Crippen LogP contribution in [0.3, 0.4) is 0 Å². The summed E-state index contributed by atoms with van der Waals surface area (Å²) >= 11 is 5.89. The molecule has 1 aromatic rings. The van der Waals surface area contributed by atoms with Crippen LogP contribution in [0, 0.1) is 17.2 Å². The van der Waals surface area contributed by atoms with E-state index in [2.05, 4.69) is 11.4 Å². The molecule has 94 valence electrons. The van der Waals surface area contributed by atoms with Crippen molar-refractivity contribution in [1.82, 2.24) is 0 Å². The Hall–Kier alpha value is -1.73. The Morgan fingerprint density at radius 2 is 2.28 bits per heavy atom. The topological polar surface area (TPSA) is 73.1 Å². The molecule has 18 heavy (non-hydrogen) atoms. The Bertz CT molecular complexity index is 510. The zero-order chi connectivity index (χ0) is 13.1. The van der Waals surface area contributed by atoms with E-state index in [1.54, 1.807) is 18.2 Å². The van der Waals surface area contributed by atoms with Gasteiger partial charge in [-0.25, -0.2) is 0 Å². The highest BCUT2D eigenvalue weighted by Gasteiger charge is 2.33. The summed E-state index contributed by atoms with van der Waals surface area (Å²) in [7, 11) is 0. The normalized spacial score (nSPS) is 22.4. The number of nitrogens with zero attached hydrogens (tertiary/aromatic N) is 1. The first-order chi connectivity index (χ1) is 8.61. The molecule has 0 amide bonds. The lowest BCUT2D eigenvalue weighted by Gasteiger charge is -2.19. The number of benzene rings is 1. The minimum absolute atomic E-state index is 0.131. The number of rotatable bonds is 3. The molecule has 0 saturated heterocycles. The fraction of sp³-hybridized carbons (Fsp3) is 0.385. The summed E-state index contributed by atoms with van der Waals surface area (Å²) < 4.78 is 0. The molecule has 0 aromatic heterocycles. The van der Waals surface area contributed by atoms with Gasteiger partial charge >= 0.3 is 5.97 Å². The maximum Gasteiger partial charge on any atom is 0.308 e. The largest absolute Gasteiger partial charge is 0.481 e. The third kappa shape index (κ3) is 2.57. The lowest BCUT2D eigenvalue weighted by Crippen LogP contribution is -2.30. The highest BCUT2D eigenvalue weighted by molar-refractivity contribution is 6.30. The summed E-state index contributed by atoms with van der Waals surface area (Å²) in [6.07, 6.45) is 2.36. The SMILES string of the molecule is N#Cc1ccc(Cl)cc1NC1CCCC1C(=O)O. The van der Waals surface area contributed by atoms with Crippen LogP contribution >= 0.6 is 11.6 Å². The number of carboxylic acids is 1. The smallest absolute Gasteiger partial charge is 0.308 e. The standard InChI is InChI=1S/C13H13ClN2O2/c14-9-5-4-8(7-15)12(6-9)16-11-3-1-2-10(11)13(17)18/h4-6,10-11,16H,1-3H2,(H,17,18). The first-order valence-electron chi connectivity index (χ1n) is 5.81. The first kappa shape index (κ1) is 12.7. The highest BCUT2D eigenvalue weighted by Crippen LogP contribution is 2.30. The van der Waals surface area contributed by atoms with Crippen molar-refractivity contribution in [3.05, 3.63) is 28.8 Å². The van der Waals surface area contributed by atoms with Gasteiger partial charge in [0.1, 0.15) is 6.07 Å². The lowest BCUT2D eigenvalue weighted by atomic mass is 10.0. The summed E-state index contributed by atoms with van der Waals surface area (Å²) in [5, 5.41) is 21.8. The lowest BCUT2D eigenvalue weighted by molar-refractivity contribution is -0.141. The Kier molecular flexibility index (Phi) is 3.73. The third-order valence-corrected chi connectivity index (χ3v) is 3.51. The number of carboxylic acid groups (broad SMARTS) is 1. The molecule has 1 aliphatic rings. The molecule has 4 nitrogen and oxygen atoms in total. The van der Waals surface area contributed by atoms with Gasteiger partial charge in [0.15, 0.2) is 0 Å². The number of carbonyl (C=O) groups is 1. The molecular formula is C13H13ClN2O2. The van der Waals surface area contributed by atoms with Gasteiger partial charge in [0.25, 0.3) is 0 Å². The molecule has 1 aromatic carbocycles. The summed E-state index contributed by atoms with van der Waals surface area (Å²) in [4.78, 5) is 11.1. The molecule has 0 heterocycles. The average molecular weight is 265 g/mol. The number of hydrogen-bond donors (Lipinski definition) is 2. The summed E-state index contributed by atoms with van der Waals surface area (Å²) in [6, 6.07) is 6.89. The number of nitriles is 1. The van der Waals surface area contributed by atoms with E-state index >= 15 is 0 Å². The number of halogens is 1. The van der Waals surface area contributed by atoms with Gasteiger partial charge in [0.05, 0.1) is 17.2 Å². The number of aliphatic carboxylic acids is 1. The van der Waals surface area contributed by atoms with E-state index in [1.165, 1.54) is 0 Å². The zero-order valence-electron chi connectivity index (χ0n) is 9.69. The van der Waals surface area contributed by atoms with Crippen molar-refractivity contribution < 1.29 is 9.90 Å². The number of nitrogens with one attached hydrogen (secondary N) is 1. The molecule has 2 unspecified atom stereocenters. The second kappa shape index (κ2) is 5.28. The summed E-state index contributed by atoms with van der Waals surface area (Å²) in [5.74, 6) is -1.18. The molecular weight excluding hydrogens is 252 g/mol. The number of hydrogen-bond acceptors (Lipinski definition) is 3. The molecule has 2 atom stereocenters. The van der Waals surface area contributed by atoms with E-state index in [4.69, 9.17) is 22.0 Å². The molecule has 0 bridgehead atoms. The van der Waals surface area contributed by atoms with Gasteiger partial charge in [-0.1, -0.05) is 18.0 Å². The minimum atomic E-state index is -0.787. The highest BCUT2D eigenvalue weighted by atomic mass is 35.5. The monoisotopic (exact) mass is 264 g/mol. The number of anilines is 1. The summed E-state index contributed by atoms with van der Waals surface area (Å²) in [6.45, 7) is 0. The van der Waals surface area contributed by atoms with Crippen molar-refractivity contribution in [2.45, 2.75) is 25.3 Å². The summed E-state index contributed by atoms with van der Waals surface area (Å²) in [5.41, 5.74) is 1.10. The van der Waals surface area contributed by atoms with Gasteiger partial charge in [-0.15, -0.1) is 0 Å². The fourth-order valence-corrected chi connectivity index (χ4v) is 2.53. The van der Waals surface area contributed by atoms with Gasteiger partial charge in [-0.05, 0) is 31.0 Å². The quantitative estimate of drug-likeness (QED) is 0.880. The molecule has 2 rings (SSSR count). The van der Waals surface area contributed by atoms with Crippen molar-refractivity contribution in [2.75, 3.05) is 5.32 Å². The van der Waals surface area contributed by atoms with Crippen LogP contribution in [-0.2, 0) is 4.79 Å². The van der Waals surface area contributed by atoms with Crippen molar-refractivity contribution in [1.29, 1.82) is 5.26 Å². The molecule has 1 fully saturated rings.